The van der Waals surface area contributed by atoms with E-state index >= 15 is 0 Å². The monoisotopic (exact) mass is 480 g/mol. The largest absolute Gasteiger partial charge is 0.497 e. The summed E-state index contributed by atoms with van der Waals surface area (Å²) in [5.41, 5.74) is 2.39. The fraction of sp³-hybridized carbons (Fsp3) is 0.100. The molecule has 0 saturated heterocycles. The van der Waals surface area contributed by atoms with Crippen LogP contribution in [0.4, 0.5) is 0 Å². The molecule has 2 nitrogen and oxygen atoms in total. The Kier molecular flexibility index (Phi) is 7.90. The molecule has 2 heterocycles. The normalized spacial score (nSPS) is 10.1. The van der Waals surface area contributed by atoms with Gasteiger partial charge in [-0.3, -0.25) is 0 Å². The quantitative estimate of drug-likeness (QED) is 0.215. The van der Waals surface area contributed by atoms with Crippen molar-refractivity contribution in [1.82, 2.24) is 0 Å². The minimum atomic E-state index is 0.882. The Balaban J connectivity index is 0.000000161. The molecule has 0 aliphatic carbocycles. The fourth-order valence-electron chi connectivity index (χ4n) is 2.26. The van der Waals surface area contributed by atoms with Crippen LogP contribution < -0.4 is 9.47 Å². The molecule has 0 unspecified atom stereocenters. The Hall–Kier alpha value is -1.42. The molecule has 0 aliphatic rings. The summed E-state index contributed by atoms with van der Waals surface area (Å²) in [6, 6.07) is 20.1. The maximum Gasteiger partial charge on any atom is 0.118 e. The number of ether oxygens (including phenoxy) is 2. The van der Waals surface area contributed by atoms with Gasteiger partial charge in [-0.1, -0.05) is 65.8 Å². The van der Waals surface area contributed by atoms with Gasteiger partial charge in [-0.25, -0.2) is 0 Å². The molecule has 0 saturated carbocycles. The fourth-order valence-corrected chi connectivity index (χ4v) is 7.06. The average molecular weight is 481 g/mol. The second-order valence-corrected chi connectivity index (χ2v) is 11.3. The molecule has 144 valence electrons. The first kappa shape index (κ1) is 21.3. The highest BCUT2D eigenvalue weighted by Gasteiger charge is 2.01. The Bertz CT molecular complexity index is 1020. The molecule has 2 aromatic heterocycles. The van der Waals surface area contributed by atoms with Crippen molar-refractivity contribution >= 4 is 65.8 Å². The Morgan fingerprint density at radius 3 is 1.18 bits per heavy atom. The van der Waals surface area contributed by atoms with Gasteiger partial charge in [0.25, 0.3) is 0 Å². The lowest BCUT2D eigenvalue weighted by Gasteiger charge is -2.00. The van der Waals surface area contributed by atoms with Gasteiger partial charge in [0, 0.05) is 9.75 Å². The lowest BCUT2D eigenvalue weighted by molar-refractivity contribution is 0.415. The maximum atomic E-state index is 5.10. The molecular weight excluding hydrogens is 465 g/mol. The number of rotatable bonds is 4. The first-order chi connectivity index (χ1) is 13.6. The van der Waals surface area contributed by atoms with Crippen molar-refractivity contribution in [3.05, 3.63) is 68.3 Å². The van der Waals surface area contributed by atoms with Crippen molar-refractivity contribution < 1.29 is 9.47 Å². The van der Waals surface area contributed by atoms with Gasteiger partial charge in [-0.15, -0.1) is 0 Å². The molecule has 0 atom stereocenters. The molecule has 2 aromatic carbocycles. The van der Waals surface area contributed by atoms with Gasteiger partial charge in [0.1, 0.15) is 19.1 Å². The molecule has 8 heteroatoms. The third-order valence-corrected chi connectivity index (χ3v) is 9.49. The van der Waals surface area contributed by atoms with Crippen molar-refractivity contribution in [1.29, 1.82) is 0 Å². The van der Waals surface area contributed by atoms with Crippen LogP contribution in [0.5, 0.6) is 11.5 Å². The molecular formula is C20H16O2S6. The first-order valence-corrected chi connectivity index (χ1v) is 13.2. The summed E-state index contributed by atoms with van der Waals surface area (Å²) in [6.45, 7) is 0. The lowest BCUT2D eigenvalue weighted by Crippen LogP contribution is -1.81. The zero-order valence-electron chi connectivity index (χ0n) is 15.0. The summed E-state index contributed by atoms with van der Waals surface area (Å²) in [7, 11) is 10.0. The third kappa shape index (κ3) is 5.79. The van der Waals surface area contributed by atoms with Crippen LogP contribution in [0.25, 0.3) is 20.9 Å². The highest BCUT2D eigenvalue weighted by atomic mass is 32.9. The Labute approximate surface area is 189 Å². The summed E-state index contributed by atoms with van der Waals surface area (Å²) in [5, 5.41) is 0. The van der Waals surface area contributed by atoms with E-state index in [0.717, 1.165) is 19.1 Å². The predicted octanol–water partition coefficient (Wildman–Crippen LogP) is 8.43. The summed E-state index contributed by atoms with van der Waals surface area (Å²) in [6.07, 6.45) is 0. The number of methoxy groups -OCH3 is 2. The minimum absolute atomic E-state index is 0.882. The molecule has 0 N–H and O–H groups in total. The maximum absolute atomic E-state index is 5.10. The smallest absolute Gasteiger partial charge is 0.118 e. The molecule has 0 amide bonds. The van der Waals surface area contributed by atoms with Gasteiger partial charge in [-0.2, -0.15) is 0 Å². The lowest BCUT2D eigenvalue weighted by atomic mass is 10.2. The van der Waals surface area contributed by atoms with Crippen molar-refractivity contribution in [2.75, 3.05) is 14.2 Å². The first-order valence-electron chi connectivity index (χ1n) is 8.08. The van der Waals surface area contributed by atoms with E-state index < -0.39 is 0 Å². The Morgan fingerprint density at radius 2 is 0.929 bits per heavy atom. The zero-order valence-corrected chi connectivity index (χ0v) is 19.9. The zero-order chi connectivity index (χ0) is 19.9. The van der Waals surface area contributed by atoms with E-state index in [9.17, 15) is 0 Å². The minimum Gasteiger partial charge on any atom is -0.497 e. The van der Waals surface area contributed by atoms with E-state index in [1.54, 1.807) is 55.6 Å². The predicted molar refractivity (Wildman–Crippen MR) is 130 cm³/mol. The summed E-state index contributed by atoms with van der Waals surface area (Å²) < 4.78 is 12.1. The summed E-state index contributed by atoms with van der Waals surface area (Å²) >= 11 is 10.2. The van der Waals surface area contributed by atoms with Gasteiger partial charge in [0.05, 0.1) is 14.2 Å². The molecule has 28 heavy (non-hydrogen) atoms. The highest BCUT2D eigenvalue weighted by Crippen LogP contribution is 2.31. The molecule has 0 fully saturated rings. The van der Waals surface area contributed by atoms with E-state index in [1.807, 2.05) is 60.7 Å². The van der Waals surface area contributed by atoms with E-state index in [0.29, 0.717) is 0 Å². The molecule has 0 aliphatic heterocycles. The summed E-state index contributed by atoms with van der Waals surface area (Å²) in [4.78, 5) is 2.45. The number of hydrogen-bond acceptors (Lipinski definition) is 8. The van der Waals surface area contributed by atoms with Crippen molar-refractivity contribution in [2.24, 2.45) is 0 Å². The average Bonchev–Trinajstić information content (AvgIpc) is 3.37. The van der Waals surface area contributed by atoms with E-state index in [1.165, 1.54) is 20.9 Å². The van der Waals surface area contributed by atoms with Gasteiger partial charge in [0.15, 0.2) is 0 Å². The molecule has 0 spiro atoms. The van der Waals surface area contributed by atoms with E-state index in [4.69, 9.17) is 33.9 Å². The second-order valence-electron chi connectivity index (χ2n) is 5.45. The van der Waals surface area contributed by atoms with E-state index in [2.05, 4.69) is 0 Å². The number of hydrogen-bond donors (Lipinski definition) is 0. The van der Waals surface area contributed by atoms with Crippen LogP contribution in [0.3, 0.4) is 0 Å². The van der Waals surface area contributed by atoms with Crippen LogP contribution in [-0.2, 0) is 0 Å². The van der Waals surface area contributed by atoms with Gasteiger partial charge >= 0.3 is 0 Å². The van der Waals surface area contributed by atoms with Crippen LogP contribution in [0.1, 0.15) is 0 Å². The molecule has 0 radical (unpaired) electrons. The second kappa shape index (κ2) is 10.4. The van der Waals surface area contributed by atoms with Gasteiger partial charge in [-0.05, 0) is 71.8 Å². The van der Waals surface area contributed by atoms with Crippen LogP contribution in [0.15, 0.2) is 60.7 Å². The standard InChI is InChI=1S/2C10H8OS3/c2*1-11-8-4-2-7(3-5-8)9-6-10(12)14-13-9/h2*2-6H,1H3. The van der Waals surface area contributed by atoms with Crippen molar-refractivity contribution in [3.8, 4) is 32.4 Å². The third-order valence-electron chi connectivity index (χ3n) is 3.67. The van der Waals surface area contributed by atoms with Crippen molar-refractivity contribution in [2.45, 2.75) is 0 Å². The van der Waals surface area contributed by atoms with Crippen LogP contribution >= 0.6 is 65.8 Å². The Morgan fingerprint density at radius 1 is 0.571 bits per heavy atom. The molecule has 0 bridgehead atoms. The topological polar surface area (TPSA) is 18.5 Å². The van der Waals surface area contributed by atoms with Crippen LogP contribution in [-0.4, -0.2) is 14.2 Å². The number of benzene rings is 2. The molecule has 4 rings (SSSR count). The van der Waals surface area contributed by atoms with Gasteiger partial charge < -0.3 is 9.47 Å². The van der Waals surface area contributed by atoms with Crippen LogP contribution in [0.2, 0.25) is 0 Å². The van der Waals surface area contributed by atoms with E-state index in [-0.39, 0.29) is 0 Å². The highest BCUT2D eigenvalue weighted by molar-refractivity contribution is 7.80. The SMILES string of the molecule is COc1ccc(-c2cc(=S)ss2)cc1.COc1ccc(-c2cc(=S)ss2)cc1. The van der Waals surface area contributed by atoms with Gasteiger partial charge in [0.2, 0.25) is 0 Å². The van der Waals surface area contributed by atoms with Crippen LogP contribution in [0, 0.1) is 7.65 Å². The molecule has 4 aromatic rings. The van der Waals surface area contributed by atoms with Crippen molar-refractivity contribution in [3.63, 3.8) is 0 Å². The summed E-state index contributed by atoms with van der Waals surface area (Å²) in [5.74, 6) is 1.76.